The number of anilines is 1. The third-order valence-corrected chi connectivity index (χ3v) is 6.84. The molecule has 34 heavy (non-hydrogen) atoms. The number of rotatable bonds is 2. The SMILES string of the molecule is C[N+]1=C(C=CC=C2Nc3ccc(C(F)(F)F)cc3C2(C)C)C(C)(C)c2cc(C(F)(F)F)ccc21. The second kappa shape index (κ2) is 7.48. The van der Waals surface area contributed by atoms with Crippen molar-refractivity contribution in [1.82, 2.24) is 0 Å². The normalized spacial score (nSPS) is 20.1. The molecular weight excluding hydrogens is 454 g/mol. The highest BCUT2D eigenvalue weighted by atomic mass is 19.4. The first-order chi connectivity index (χ1) is 15.5. The maximum Gasteiger partial charge on any atom is 0.416 e. The fourth-order valence-corrected chi connectivity index (χ4v) is 4.79. The minimum absolute atomic E-state index is 0.556. The van der Waals surface area contributed by atoms with E-state index >= 15 is 0 Å². The standard InChI is InChI=1S/C26H24F6N2/c1-23(2)17-13-15(25(27,28)29)9-11-19(17)33-21(23)7-6-8-22-24(3,4)18-14-16(26(30,31)32)10-12-20(18)34(22)5/h6-14H,1-5H3/p+1. The molecule has 0 fully saturated rings. The first-order valence-corrected chi connectivity index (χ1v) is 10.7. The summed E-state index contributed by atoms with van der Waals surface area (Å²) in [6.07, 6.45) is -3.43. The van der Waals surface area contributed by atoms with Gasteiger partial charge in [0, 0.05) is 34.5 Å². The number of allylic oxidation sites excluding steroid dienone is 4. The Hall–Kier alpha value is -3.03. The van der Waals surface area contributed by atoms with E-state index in [9.17, 15) is 26.3 Å². The van der Waals surface area contributed by atoms with Crippen LogP contribution in [0.1, 0.15) is 49.9 Å². The van der Waals surface area contributed by atoms with Crippen LogP contribution in [0.25, 0.3) is 0 Å². The lowest BCUT2D eigenvalue weighted by Crippen LogP contribution is -2.27. The van der Waals surface area contributed by atoms with Gasteiger partial charge in [0.1, 0.15) is 7.05 Å². The summed E-state index contributed by atoms with van der Waals surface area (Å²) in [6.45, 7) is 7.43. The Morgan fingerprint density at radius 1 is 0.794 bits per heavy atom. The molecule has 2 aromatic rings. The fraction of sp³-hybridized carbons (Fsp3) is 0.346. The van der Waals surface area contributed by atoms with Crippen LogP contribution in [0.5, 0.6) is 0 Å². The molecule has 0 spiro atoms. The summed E-state index contributed by atoms with van der Waals surface area (Å²) in [5.41, 5.74) is 1.29. The van der Waals surface area contributed by atoms with E-state index in [-0.39, 0.29) is 0 Å². The van der Waals surface area contributed by atoms with Gasteiger partial charge in [-0.05, 0) is 55.8 Å². The highest BCUT2D eigenvalue weighted by molar-refractivity contribution is 6.03. The Morgan fingerprint density at radius 3 is 1.94 bits per heavy atom. The predicted molar refractivity (Wildman–Crippen MR) is 121 cm³/mol. The van der Waals surface area contributed by atoms with E-state index in [0.29, 0.717) is 22.5 Å². The number of fused-ring (bicyclic) bond motifs is 2. The monoisotopic (exact) mass is 479 g/mol. The molecule has 0 amide bonds. The van der Waals surface area contributed by atoms with Crippen LogP contribution in [-0.2, 0) is 23.2 Å². The number of nitrogens with one attached hydrogen (secondary N) is 1. The summed E-state index contributed by atoms with van der Waals surface area (Å²) in [5, 5.41) is 3.20. The molecule has 180 valence electrons. The molecule has 1 N–H and O–H groups in total. The van der Waals surface area contributed by atoms with E-state index in [2.05, 4.69) is 5.32 Å². The van der Waals surface area contributed by atoms with Gasteiger partial charge in [0.15, 0.2) is 5.71 Å². The first-order valence-electron chi connectivity index (χ1n) is 10.7. The number of nitrogens with zero attached hydrogens (tertiary/aromatic N) is 1. The summed E-state index contributed by atoms with van der Waals surface area (Å²) >= 11 is 0. The van der Waals surface area contributed by atoms with Gasteiger partial charge in [0.05, 0.1) is 16.5 Å². The van der Waals surface area contributed by atoms with E-state index in [4.69, 9.17) is 0 Å². The van der Waals surface area contributed by atoms with Crippen molar-refractivity contribution >= 4 is 17.1 Å². The van der Waals surface area contributed by atoms with Crippen molar-refractivity contribution in [3.8, 4) is 0 Å². The Bertz CT molecular complexity index is 1260. The summed E-state index contributed by atoms with van der Waals surface area (Å²) in [7, 11) is 1.81. The maximum atomic E-state index is 13.2. The van der Waals surface area contributed by atoms with Crippen molar-refractivity contribution < 1.29 is 30.9 Å². The summed E-state index contributed by atoms with van der Waals surface area (Å²) in [4.78, 5) is 0. The largest absolute Gasteiger partial charge is 0.416 e. The predicted octanol–water partition coefficient (Wildman–Crippen LogP) is 7.57. The van der Waals surface area contributed by atoms with Gasteiger partial charge in [-0.1, -0.05) is 19.9 Å². The van der Waals surface area contributed by atoms with Gasteiger partial charge in [-0.15, -0.1) is 0 Å². The molecule has 2 aromatic carbocycles. The van der Waals surface area contributed by atoms with Crippen molar-refractivity contribution in [2.75, 3.05) is 12.4 Å². The quantitative estimate of drug-likeness (QED) is 0.347. The zero-order valence-corrected chi connectivity index (χ0v) is 19.4. The van der Waals surface area contributed by atoms with E-state index in [1.807, 2.05) is 38.3 Å². The second-order valence-corrected chi connectivity index (χ2v) is 9.75. The van der Waals surface area contributed by atoms with Crippen LogP contribution in [0, 0.1) is 0 Å². The van der Waals surface area contributed by atoms with Gasteiger partial charge < -0.3 is 5.32 Å². The van der Waals surface area contributed by atoms with Crippen molar-refractivity contribution in [2.24, 2.45) is 0 Å². The van der Waals surface area contributed by atoms with E-state index in [1.54, 1.807) is 19.2 Å². The van der Waals surface area contributed by atoms with Gasteiger partial charge in [0.2, 0.25) is 5.69 Å². The molecule has 0 aromatic heterocycles. The molecule has 0 atom stereocenters. The molecule has 2 heterocycles. The summed E-state index contributed by atoms with van der Waals surface area (Å²) in [5.74, 6) is 0. The number of benzene rings is 2. The third-order valence-electron chi connectivity index (χ3n) is 6.84. The minimum Gasteiger partial charge on any atom is -0.358 e. The zero-order valence-electron chi connectivity index (χ0n) is 19.4. The van der Waals surface area contributed by atoms with Crippen LogP contribution in [0.4, 0.5) is 37.7 Å². The van der Waals surface area contributed by atoms with E-state index < -0.39 is 34.3 Å². The molecule has 2 aliphatic heterocycles. The Balaban J connectivity index is 1.65. The average Bonchev–Trinajstić information content (AvgIpc) is 3.08. The lowest BCUT2D eigenvalue weighted by atomic mass is 9.80. The van der Waals surface area contributed by atoms with Gasteiger partial charge in [0.25, 0.3) is 0 Å². The molecule has 0 bridgehead atoms. The molecule has 2 nitrogen and oxygen atoms in total. The molecule has 0 unspecified atom stereocenters. The lowest BCUT2D eigenvalue weighted by Gasteiger charge is -2.21. The Kier molecular flexibility index (Phi) is 5.31. The smallest absolute Gasteiger partial charge is 0.358 e. The molecule has 0 saturated carbocycles. The van der Waals surface area contributed by atoms with Crippen LogP contribution in [-0.4, -0.2) is 17.3 Å². The highest BCUT2D eigenvalue weighted by Crippen LogP contribution is 2.46. The average molecular weight is 479 g/mol. The molecule has 8 heteroatoms. The highest BCUT2D eigenvalue weighted by Gasteiger charge is 2.45. The number of hydrogen-bond donors (Lipinski definition) is 1. The third kappa shape index (κ3) is 3.83. The van der Waals surface area contributed by atoms with Crippen molar-refractivity contribution in [2.45, 2.75) is 50.9 Å². The van der Waals surface area contributed by atoms with Crippen LogP contribution < -0.4 is 5.32 Å². The topological polar surface area (TPSA) is 15.0 Å². The maximum absolute atomic E-state index is 13.2. The number of alkyl halides is 6. The van der Waals surface area contributed by atoms with Gasteiger partial charge in [-0.2, -0.15) is 30.9 Å². The zero-order chi connectivity index (χ0) is 25.3. The molecule has 0 aliphatic carbocycles. The molecule has 2 aliphatic rings. The molecule has 0 radical (unpaired) electrons. The Labute approximate surface area is 194 Å². The number of halogens is 6. The van der Waals surface area contributed by atoms with Crippen LogP contribution in [0.15, 0.2) is 60.3 Å². The van der Waals surface area contributed by atoms with Crippen molar-refractivity contribution in [3.05, 3.63) is 82.6 Å². The lowest BCUT2D eigenvalue weighted by molar-refractivity contribution is -0.401. The number of hydrogen-bond acceptors (Lipinski definition) is 1. The molecular formula is C26H25F6N2+. The molecule has 4 rings (SSSR count). The van der Waals surface area contributed by atoms with Gasteiger partial charge >= 0.3 is 12.4 Å². The molecule has 0 saturated heterocycles. The van der Waals surface area contributed by atoms with Crippen molar-refractivity contribution in [1.29, 1.82) is 0 Å². The fourth-order valence-electron chi connectivity index (χ4n) is 4.79. The second-order valence-electron chi connectivity index (χ2n) is 9.75. The summed E-state index contributed by atoms with van der Waals surface area (Å²) < 4.78 is 81.1. The van der Waals surface area contributed by atoms with Gasteiger partial charge in [-0.25, -0.2) is 0 Å². The summed E-state index contributed by atoms with van der Waals surface area (Å²) in [6, 6.07) is 7.42. The van der Waals surface area contributed by atoms with Crippen LogP contribution in [0.3, 0.4) is 0 Å². The van der Waals surface area contributed by atoms with Crippen LogP contribution >= 0.6 is 0 Å². The van der Waals surface area contributed by atoms with E-state index in [1.165, 1.54) is 24.3 Å². The van der Waals surface area contributed by atoms with E-state index in [0.717, 1.165) is 23.5 Å². The van der Waals surface area contributed by atoms with Crippen molar-refractivity contribution in [3.63, 3.8) is 0 Å². The Morgan fingerprint density at radius 2 is 1.35 bits per heavy atom. The minimum atomic E-state index is -4.42. The van der Waals surface area contributed by atoms with Gasteiger partial charge in [-0.3, -0.25) is 0 Å². The first kappa shape index (κ1) is 24.1. The van der Waals surface area contributed by atoms with Crippen LogP contribution in [0.2, 0.25) is 0 Å².